The summed E-state index contributed by atoms with van der Waals surface area (Å²) in [5, 5.41) is 3.59. The van der Waals surface area contributed by atoms with Crippen molar-refractivity contribution in [3.8, 4) is 0 Å². The van der Waals surface area contributed by atoms with Crippen molar-refractivity contribution in [2.75, 3.05) is 26.7 Å². The van der Waals surface area contributed by atoms with Crippen molar-refractivity contribution in [2.24, 2.45) is 11.8 Å². The molecule has 2 heteroatoms. The fourth-order valence-corrected chi connectivity index (χ4v) is 3.57. The maximum absolute atomic E-state index is 3.59. The second kappa shape index (κ2) is 6.75. The molecule has 0 aromatic rings. The maximum Gasteiger partial charge on any atom is 0.0133 e. The van der Waals surface area contributed by atoms with Gasteiger partial charge in [0.05, 0.1) is 0 Å². The first kappa shape index (κ1) is 13.4. The largest absolute Gasteiger partial charge is 0.316 e. The van der Waals surface area contributed by atoms with Crippen LogP contribution in [-0.2, 0) is 0 Å². The third kappa shape index (κ3) is 3.69. The van der Waals surface area contributed by atoms with E-state index in [1.807, 2.05) is 0 Å². The van der Waals surface area contributed by atoms with Crippen LogP contribution in [0, 0.1) is 11.8 Å². The van der Waals surface area contributed by atoms with E-state index in [2.05, 4.69) is 24.2 Å². The molecule has 0 bridgehead atoms. The molecule has 0 radical (unpaired) electrons. The lowest BCUT2D eigenvalue weighted by molar-refractivity contribution is 0.0716. The highest BCUT2D eigenvalue weighted by Gasteiger charge is 2.34. The molecule has 0 aromatic carbocycles. The van der Waals surface area contributed by atoms with E-state index in [0.29, 0.717) is 0 Å². The SMILES string of the molecule is CCCNCC1CCC1N(C)CC1CCCC1. The zero-order valence-corrected chi connectivity index (χ0v) is 11.8. The van der Waals surface area contributed by atoms with Gasteiger partial charge in [0.15, 0.2) is 0 Å². The molecule has 2 saturated carbocycles. The summed E-state index contributed by atoms with van der Waals surface area (Å²) in [5.74, 6) is 1.93. The van der Waals surface area contributed by atoms with Gasteiger partial charge in [0.1, 0.15) is 0 Å². The van der Waals surface area contributed by atoms with Gasteiger partial charge in [0, 0.05) is 12.6 Å². The molecule has 0 aliphatic heterocycles. The molecule has 100 valence electrons. The Morgan fingerprint density at radius 1 is 1.12 bits per heavy atom. The molecule has 17 heavy (non-hydrogen) atoms. The minimum Gasteiger partial charge on any atom is -0.316 e. The Morgan fingerprint density at radius 2 is 1.88 bits per heavy atom. The summed E-state index contributed by atoms with van der Waals surface area (Å²) >= 11 is 0. The van der Waals surface area contributed by atoms with E-state index in [9.17, 15) is 0 Å². The second-order valence-electron chi connectivity index (χ2n) is 6.20. The topological polar surface area (TPSA) is 15.3 Å². The Balaban J connectivity index is 1.66. The van der Waals surface area contributed by atoms with Gasteiger partial charge in [-0.05, 0) is 64.1 Å². The molecule has 0 aromatic heterocycles. The van der Waals surface area contributed by atoms with E-state index in [4.69, 9.17) is 0 Å². The molecular weight excluding hydrogens is 208 g/mol. The van der Waals surface area contributed by atoms with Gasteiger partial charge in [-0.15, -0.1) is 0 Å². The molecule has 2 atom stereocenters. The summed E-state index contributed by atoms with van der Waals surface area (Å²) in [6, 6.07) is 0.875. The van der Waals surface area contributed by atoms with Crippen molar-refractivity contribution in [3.05, 3.63) is 0 Å². The van der Waals surface area contributed by atoms with Crippen LogP contribution in [0.2, 0.25) is 0 Å². The number of rotatable bonds is 7. The quantitative estimate of drug-likeness (QED) is 0.686. The lowest BCUT2D eigenvalue weighted by atomic mass is 9.78. The third-order valence-electron chi connectivity index (χ3n) is 4.80. The van der Waals surface area contributed by atoms with Crippen molar-refractivity contribution in [1.82, 2.24) is 10.2 Å². The molecule has 1 N–H and O–H groups in total. The van der Waals surface area contributed by atoms with Crippen LogP contribution in [0.4, 0.5) is 0 Å². The molecule has 0 heterocycles. The zero-order valence-electron chi connectivity index (χ0n) is 11.8. The fraction of sp³-hybridized carbons (Fsp3) is 1.00. The highest BCUT2D eigenvalue weighted by molar-refractivity contribution is 4.89. The minimum absolute atomic E-state index is 0.875. The molecule has 2 aliphatic carbocycles. The van der Waals surface area contributed by atoms with Crippen LogP contribution >= 0.6 is 0 Å². The van der Waals surface area contributed by atoms with Crippen LogP contribution in [0.1, 0.15) is 51.9 Å². The Kier molecular flexibility index (Phi) is 5.30. The summed E-state index contributed by atoms with van der Waals surface area (Å²) in [5.41, 5.74) is 0. The molecule has 2 aliphatic rings. The van der Waals surface area contributed by atoms with E-state index in [1.165, 1.54) is 64.6 Å². The highest BCUT2D eigenvalue weighted by atomic mass is 15.1. The van der Waals surface area contributed by atoms with Crippen molar-refractivity contribution in [3.63, 3.8) is 0 Å². The van der Waals surface area contributed by atoms with Gasteiger partial charge in [0.25, 0.3) is 0 Å². The lowest BCUT2D eigenvalue weighted by Gasteiger charge is -2.44. The van der Waals surface area contributed by atoms with Gasteiger partial charge in [-0.25, -0.2) is 0 Å². The van der Waals surface area contributed by atoms with Gasteiger partial charge >= 0.3 is 0 Å². The van der Waals surface area contributed by atoms with Gasteiger partial charge in [0.2, 0.25) is 0 Å². The van der Waals surface area contributed by atoms with E-state index in [0.717, 1.165) is 17.9 Å². The van der Waals surface area contributed by atoms with Crippen LogP contribution in [0.3, 0.4) is 0 Å². The Labute approximate surface area is 107 Å². The Hall–Kier alpha value is -0.0800. The van der Waals surface area contributed by atoms with Crippen LogP contribution < -0.4 is 5.32 Å². The predicted molar refractivity (Wildman–Crippen MR) is 74.3 cm³/mol. The summed E-state index contributed by atoms with van der Waals surface area (Å²) in [6.07, 6.45) is 10.0. The third-order valence-corrected chi connectivity index (χ3v) is 4.80. The molecular formula is C15H30N2. The molecule has 2 fully saturated rings. The average Bonchev–Trinajstić information content (AvgIpc) is 2.75. The fourth-order valence-electron chi connectivity index (χ4n) is 3.57. The first-order valence-electron chi connectivity index (χ1n) is 7.72. The standard InChI is InChI=1S/C15H30N2/c1-3-10-16-11-14-8-9-15(14)17(2)12-13-6-4-5-7-13/h13-16H,3-12H2,1-2H3. The summed E-state index contributed by atoms with van der Waals surface area (Å²) < 4.78 is 0. The highest BCUT2D eigenvalue weighted by Crippen LogP contribution is 2.33. The van der Waals surface area contributed by atoms with Crippen LogP contribution in [-0.4, -0.2) is 37.6 Å². The first-order chi connectivity index (χ1) is 8.31. The van der Waals surface area contributed by atoms with E-state index >= 15 is 0 Å². The maximum atomic E-state index is 3.59. The van der Waals surface area contributed by atoms with Crippen molar-refractivity contribution in [1.29, 1.82) is 0 Å². The summed E-state index contributed by atoms with van der Waals surface area (Å²) in [6.45, 7) is 6.04. The Morgan fingerprint density at radius 3 is 2.47 bits per heavy atom. The second-order valence-corrected chi connectivity index (χ2v) is 6.20. The van der Waals surface area contributed by atoms with E-state index in [1.54, 1.807) is 0 Å². The van der Waals surface area contributed by atoms with Gasteiger partial charge in [-0.1, -0.05) is 19.8 Å². The number of nitrogens with zero attached hydrogens (tertiary/aromatic N) is 1. The Bertz CT molecular complexity index is 211. The number of hydrogen-bond acceptors (Lipinski definition) is 2. The molecule has 0 saturated heterocycles. The minimum atomic E-state index is 0.875. The number of nitrogens with one attached hydrogen (secondary N) is 1. The normalized spacial score (nSPS) is 29.8. The lowest BCUT2D eigenvalue weighted by Crippen LogP contribution is -2.50. The molecule has 2 rings (SSSR count). The van der Waals surface area contributed by atoms with E-state index in [-0.39, 0.29) is 0 Å². The van der Waals surface area contributed by atoms with Gasteiger partial charge < -0.3 is 10.2 Å². The smallest absolute Gasteiger partial charge is 0.0133 e. The van der Waals surface area contributed by atoms with E-state index < -0.39 is 0 Å². The monoisotopic (exact) mass is 238 g/mol. The molecule has 2 nitrogen and oxygen atoms in total. The number of hydrogen-bond donors (Lipinski definition) is 1. The molecule has 0 amide bonds. The first-order valence-corrected chi connectivity index (χ1v) is 7.72. The van der Waals surface area contributed by atoms with Gasteiger partial charge in [-0.2, -0.15) is 0 Å². The zero-order chi connectivity index (χ0) is 12.1. The van der Waals surface area contributed by atoms with Gasteiger partial charge in [-0.3, -0.25) is 0 Å². The van der Waals surface area contributed by atoms with Crippen molar-refractivity contribution < 1.29 is 0 Å². The summed E-state index contributed by atoms with van der Waals surface area (Å²) in [4.78, 5) is 2.66. The predicted octanol–water partition coefficient (Wildman–Crippen LogP) is 2.89. The molecule has 2 unspecified atom stereocenters. The van der Waals surface area contributed by atoms with Crippen molar-refractivity contribution in [2.45, 2.75) is 57.9 Å². The average molecular weight is 238 g/mol. The summed E-state index contributed by atoms with van der Waals surface area (Å²) in [7, 11) is 2.36. The van der Waals surface area contributed by atoms with Crippen LogP contribution in [0.15, 0.2) is 0 Å². The van der Waals surface area contributed by atoms with Crippen LogP contribution in [0.5, 0.6) is 0 Å². The molecule has 0 spiro atoms. The van der Waals surface area contributed by atoms with Crippen LogP contribution in [0.25, 0.3) is 0 Å². The van der Waals surface area contributed by atoms with Crippen molar-refractivity contribution >= 4 is 0 Å².